The molecule has 0 saturated carbocycles. The van der Waals surface area contributed by atoms with Gasteiger partial charge in [0.15, 0.2) is 5.17 Å². The molecule has 0 spiro atoms. The second-order valence-corrected chi connectivity index (χ2v) is 7.94. The van der Waals surface area contributed by atoms with E-state index in [0.717, 1.165) is 17.5 Å². The fraction of sp³-hybridized carbons (Fsp3) is 0.0952. The van der Waals surface area contributed by atoms with Crippen LogP contribution in [0.5, 0.6) is 5.75 Å². The third-order valence-corrected chi connectivity index (χ3v) is 5.82. The van der Waals surface area contributed by atoms with Crippen molar-refractivity contribution in [2.75, 3.05) is 6.26 Å². The number of hydrogen-bond acceptors (Lipinski definition) is 7. The number of amidine groups is 3. The predicted octanol–water partition coefficient (Wildman–Crippen LogP) is 4.15. The van der Waals surface area contributed by atoms with Crippen LogP contribution in [-0.2, 0) is 4.79 Å². The van der Waals surface area contributed by atoms with Gasteiger partial charge in [-0.25, -0.2) is 9.69 Å². The summed E-state index contributed by atoms with van der Waals surface area (Å²) in [6, 6.07) is 13.8. The summed E-state index contributed by atoms with van der Waals surface area (Å²) < 4.78 is 9.61. The Labute approximate surface area is 181 Å². The summed E-state index contributed by atoms with van der Waals surface area (Å²) in [6.45, 7) is 1.95. The summed E-state index contributed by atoms with van der Waals surface area (Å²) in [5.41, 5.74) is 2.39. The minimum absolute atomic E-state index is 0.0398. The molecule has 0 fully saturated rings. The lowest BCUT2D eigenvalue weighted by molar-refractivity contribution is -0.114. The molecule has 9 heteroatoms. The molecule has 0 unspecified atom stereocenters. The van der Waals surface area contributed by atoms with Gasteiger partial charge in [0.1, 0.15) is 11.6 Å². The number of rotatable bonds is 3. The van der Waals surface area contributed by atoms with E-state index in [1.807, 2.05) is 25.3 Å². The van der Waals surface area contributed by atoms with Crippen molar-refractivity contribution >= 4 is 57.8 Å². The van der Waals surface area contributed by atoms with Crippen molar-refractivity contribution in [1.29, 1.82) is 5.41 Å². The summed E-state index contributed by atoms with van der Waals surface area (Å²) in [5, 5.41) is 9.42. The lowest BCUT2D eigenvalue weighted by Gasteiger charge is -2.23. The first-order chi connectivity index (χ1) is 14.5. The quantitative estimate of drug-likeness (QED) is 0.336. The van der Waals surface area contributed by atoms with Gasteiger partial charge in [0.25, 0.3) is 5.91 Å². The molecule has 0 bridgehead atoms. The molecule has 2 aliphatic rings. The van der Waals surface area contributed by atoms with Gasteiger partial charge in [-0.15, -0.1) is 0 Å². The van der Waals surface area contributed by atoms with Crippen molar-refractivity contribution in [1.82, 2.24) is 4.90 Å². The van der Waals surface area contributed by atoms with E-state index >= 15 is 0 Å². The van der Waals surface area contributed by atoms with Gasteiger partial charge in [0, 0.05) is 0 Å². The van der Waals surface area contributed by atoms with Crippen LogP contribution in [0.15, 0.2) is 63.5 Å². The summed E-state index contributed by atoms with van der Waals surface area (Å²) >= 11 is 2.47. The summed E-state index contributed by atoms with van der Waals surface area (Å²) in [5.74, 6) is -0.493. The van der Waals surface area contributed by atoms with Gasteiger partial charge in [-0.1, -0.05) is 41.6 Å². The number of carbonyl (C=O) groups is 2. The van der Waals surface area contributed by atoms with E-state index in [1.165, 1.54) is 11.8 Å². The van der Waals surface area contributed by atoms with Gasteiger partial charge in [0.2, 0.25) is 5.17 Å². The van der Waals surface area contributed by atoms with E-state index in [1.54, 1.807) is 47.4 Å². The van der Waals surface area contributed by atoms with Crippen LogP contribution < -0.4 is 4.74 Å². The van der Waals surface area contributed by atoms with E-state index in [2.05, 4.69) is 9.39 Å². The number of amides is 1. The number of nitrogens with zero attached hydrogens (tertiary/aromatic N) is 3. The lowest BCUT2D eigenvalue weighted by atomic mass is 10.1. The highest BCUT2D eigenvalue weighted by atomic mass is 32.2. The molecule has 7 nitrogen and oxygen atoms in total. The molecule has 2 aromatic rings. The molecule has 2 aliphatic heterocycles. The molecule has 2 heterocycles. The Kier molecular flexibility index (Phi) is 5.56. The van der Waals surface area contributed by atoms with Crippen molar-refractivity contribution in [3.8, 4) is 5.75 Å². The highest BCUT2D eigenvalue weighted by molar-refractivity contribution is 8.18. The monoisotopic (exact) mass is 436 g/mol. The fourth-order valence-corrected chi connectivity index (χ4v) is 4.24. The molecular weight excluding hydrogens is 420 g/mol. The molecule has 0 aromatic heterocycles. The smallest absolute Gasteiger partial charge is 0.343 e. The Balaban J connectivity index is 1.51. The molecule has 0 atom stereocenters. The van der Waals surface area contributed by atoms with E-state index in [4.69, 9.17) is 10.1 Å². The maximum absolute atomic E-state index is 12.4. The van der Waals surface area contributed by atoms with Gasteiger partial charge in [0.05, 0.1) is 23.1 Å². The number of ether oxygens (including phenoxy) is 1. The molecule has 150 valence electrons. The van der Waals surface area contributed by atoms with Gasteiger partial charge in [-0.3, -0.25) is 10.2 Å². The van der Waals surface area contributed by atoms with E-state index in [9.17, 15) is 9.59 Å². The SMILES string of the molecule is CSC1=NSC2=NC(=O)/C(=C\c3ccc(OC(=O)c4ccc(C)cc4)cc3)C(=N)N12. The van der Waals surface area contributed by atoms with Gasteiger partial charge >= 0.3 is 5.97 Å². The number of hydrogen-bond donors (Lipinski definition) is 1. The first kappa shape index (κ1) is 20.1. The van der Waals surface area contributed by atoms with Crippen LogP contribution in [0.25, 0.3) is 6.08 Å². The summed E-state index contributed by atoms with van der Waals surface area (Å²) in [7, 11) is 0. The molecular formula is C21H16N4O3S2. The number of thioether (sulfide) groups is 1. The minimum atomic E-state index is -0.480. The summed E-state index contributed by atoms with van der Waals surface area (Å²) in [6.07, 6.45) is 3.45. The van der Waals surface area contributed by atoms with E-state index in [-0.39, 0.29) is 11.4 Å². The number of carbonyl (C=O) groups excluding carboxylic acids is 2. The van der Waals surface area contributed by atoms with Gasteiger partial charge in [-0.05, 0) is 49.1 Å². The zero-order chi connectivity index (χ0) is 21.3. The minimum Gasteiger partial charge on any atom is -0.423 e. The number of aryl methyl sites for hydroxylation is 1. The first-order valence-electron chi connectivity index (χ1n) is 8.88. The van der Waals surface area contributed by atoms with Crippen LogP contribution in [0.3, 0.4) is 0 Å². The Hall–Kier alpha value is -3.17. The third kappa shape index (κ3) is 3.94. The summed E-state index contributed by atoms with van der Waals surface area (Å²) in [4.78, 5) is 30.2. The Morgan fingerprint density at radius 3 is 2.53 bits per heavy atom. The third-order valence-electron chi connectivity index (χ3n) is 4.37. The standard InChI is InChI=1S/C21H16N4O3S2/c1-12-3-7-14(8-4-12)19(27)28-15-9-5-13(6-10-15)11-16-17(22)25-20(23-18(16)26)30-24-21(25)29-2/h3-11,22H,1-2H3/b16-11-,22-17?. The molecule has 4 rings (SSSR count). The number of nitrogens with one attached hydrogen (secondary N) is 1. The first-order valence-corrected chi connectivity index (χ1v) is 10.9. The van der Waals surface area contributed by atoms with Gasteiger partial charge in [-0.2, -0.15) is 9.39 Å². The normalized spacial score (nSPS) is 17.0. The van der Waals surface area contributed by atoms with E-state index < -0.39 is 11.9 Å². The highest BCUT2D eigenvalue weighted by Crippen LogP contribution is 2.31. The van der Waals surface area contributed by atoms with Crippen LogP contribution in [0.2, 0.25) is 0 Å². The second-order valence-electron chi connectivity index (χ2n) is 6.44. The molecule has 1 N–H and O–H groups in total. The zero-order valence-electron chi connectivity index (χ0n) is 16.1. The Bertz CT molecular complexity index is 1140. The van der Waals surface area contributed by atoms with Crippen molar-refractivity contribution in [2.45, 2.75) is 6.92 Å². The number of fused-ring (bicyclic) bond motifs is 1. The lowest BCUT2D eigenvalue weighted by Crippen LogP contribution is -2.41. The molecule has 0 aliphatic carbocycles. The fourth-order valence-electron chi connectivity index (χ4n) is 2.79. The Morgan fingerprint density at radius 1 is 1.17 bits per heavy atom. The number of benzene rings is 2. The predicted molar refractivity (Wildman–Crippen MR) is 121 cm³/mol. The second kappa shape index (κ2) is 8.29. The van der Waals surface area contributed by atoms with Crippen molar-refractivity contribution in [2.24, 2.45) is 9.39 Å². The Morgan fingerprint density at radius 2 is 1.87 bits per heavy atom. The van der Waals surface area contributed by atoms with Crippen molar-refractivity contribution < 1.29 is 14.3 Å². The van der Waals surface area contributed by atoms with Crippen molar-refractivity contribution in [3.05, 3.63) is 70.8 Å². The highest BCUT2D eigenvalue weighted by Gasteiger charge is 2.36. The molecule has 1 amide bonds. The molecule has 30 heavy (non-hydrogen) atoms. The molecule has 0 saturated heterocycles. The van der Waals surface area contributed by atoms with Crippen LogP contribution in [0.1, 0.15) is 21.5 Å². The maximum atomic E-state index is 12.4. The van der Waals surface area contributed by atoms with Crippen LogP contribution in [0, 0.1) is 12.3 Å². The maximum Gasteiger partial charge on any atom is 0.343 e. The molecule has 0 radical (unpaired) electrons. The average Bonchev–Trinajstić information content (AvgIpc) is 3.15. The molecule has 2 aromatic carbocycles. The topological polar surface area (TPSA) is 95.2 Å². The van der Waals surface area contributed by atoms with Crippen LogP contribution in [0.4, 0.5) is 0 Å². The van der Waals surface area contributed by atoms with Crippen LogP contribution >= 0.6 is 23.7 Å². The van der Waals surface area contributed by atoms with Crippen molar-refractivity contribution in [3.63, 3.8) is 0 Å². The number of esters is 1. The number of aliphatic imine (C=N–C) groups is 1. The van der Waals surface area contributed by atoms with Gasteiger partial charge < -0.3 is 4.74 Å². The van der Waals surface area contributed by atoms with E-state index in [0.29, 0.717) is 27.2 Å². The largest absolute Gasteiger partial charge is 0.423 e. The zero-order valence-corrected chi connectivity index (χ0v) is 17.7. The average molecular weight is 437 g/mol. The van der Waals surface area contributed by atoms with Crippen LogP contribution in [-0.4, -0.2) is 39.2 Å².